The molecule has 0 aliphatic heterocycles. The molecule has 0 saturated carbocycles. The number of hydrogen-bond acceptors (Lipinski definition) is 2. The number of benzene rings is 1. The van der Waals surface area contributed by atoms with Crippen molar-refractivity contribution in [2.75, 3.05) is 6.61 Å². The summed E-state index contributed by atoms with van der Waals surface area (Å²) in [4.78, 5) is 11.6. The molecule has 0 aliphatic rings. The van der Waals surface area contributed by atoms with Gasteiger partial charge in [0.05, 0.1) is 6.61 Å². The van der Waals surface area contributed by atoms with E-state index in [9.17, 15) is 23.1 Å². The minimum atomic E-state index is -3.23. The van der Waals surface area contributed by atoms with Gasteiger partial charge >= 0.3 is 0 Å². The molecule has 1 rings (SSSR count). The number of aliphatic hydroxyl groups is 1. The van der Waals surface area contributed by atoms with E-state index in [1.165, 1.54) is 13.0 Å². The highest BCUT2D eigenvalue weighted by molar-refractivity contribution is 9.10. The largest absolute Gasteiger partial charge is 0.393 e. The molecule has 1 amide bonds. The third-order valence-electron chi connectivity index (χ3n) is 2.74. The minimum Gasteiger partial charge on any atom is -0.393 e. The molecule has 0 bridgehead atoms. The Bertz CT molecular complexity index is 502. The molecule has 1 aromatic rings. The molecule has 3 nitrogen and oxygen atoms in total. The number of aliphatic hydroxyl groups excluding tert-OH is 1. The van der Waals surface area contributed by atoms with Crippen molar-refractivity contribution < 1.29 is 23.1 Å². The standard InChI is InChI=1S/C12H12BrClF3NO2/c1-6(14)10(20)18-12(5-19,11(16)17)8-4-7(13)2-3-9(8)15/h2-4,6,11,19H,5H2,1H3,(H,18,20). The Morgan fingerprint density at radius 1 is 1.55 bits per heavy atom. The second-order valence-corrected chi connectivity index (χ2v) is 5.73. The van der Waals surface area contributed by atoms with Crippen molar-refractivity contribution in [3.63, 3.8) is 0 Å². The average molecular weight is 375 g/mol. The van der Waals surface area contributed by atoms with Crippen LogP contribution in [0.3, 0.4) is 0 Å². The van der Waals surface area contributed by atoms with Crippen LogP contribution in [0, 0.1) is 5.82 Å². The number of alkyl halides is 3. The summed E-state index contributed by atoms with van der Waals surface area (Å²) in [6.45, 7) is 0.106. The second-order valence-electron chi connectivity index (χ2n) is 4.16. The highest BCUT2D eigenvalue weighted by atomic mass is 79.9. The molecule has 0 heterocycles. The van der Waals surface area contributed by atoms with Gasteiger partial charge in [-0.25, -0.2) is 13.2 Å². The summed E-state index contributed by atoms with van der Waals surface area (Å²) in [5.74, 6) is -1.90. The summed E-state index contributed by atoms with van der Waals surface area (Å²) in [5.41, 5.74) is -3.07. The molecule has 20 heavy (non-hydrogen) atoms. The van der Waals surface area contributed by atoms with Crippen LogP contribution in [0.2, 0.25) is 0 Å². The smallest absolute Gasteiger partial charge is 0.267 e. The van der Waals surface area contributed by atoms with E-state index < -0.39 is 41.2 Å². The maximum Gasteiger partial charge on any atom is 0.267 e. The first-order chi connectivity index (χ1) is 9.24. The Balaban J connectivity index is 3.37. The summed E-state index contributed by atoms with van der Waals surface area (Å²) < 4.78 is 40.9. The Morgan fingerprint density at radius 2 is 2.15 bits per heavy atom. The number of amides is 1. The van der Waals surface area contributed by atoms with Crippen LogP contribution in [0.4, 0.5) is 13.2 Å². The van der Waals surface area contributed by atoms with Crippen molar-refractivity contribution in [1.82, 2.24) is 5.32 Å². The maximum absolute atomic E-state index is 13.8. The Hall–Kier alpha value is -0.790. The molecule has 0 aromatic heterocycles. The first kappa shape index (κ1) is 17.3. The van der Waals surface area contributed by atoms with Gasteiger partial charge < -0.3 is 10.4 Å². The van der Waals surface area contributed by atoms with Crippen LogP contribution in [0.5, 0.6) is 0 Å². The predicted molar refractivity (Wildman–Crippen MR) is 72.3 cm³/mol. The number of nitrogens with one attached hydrogen (secondary N) is 1. The van der Waals surface area contributed by atoms with E-state index >= 15 is 0 Å². The van der Waals surface area contributed by atoms with Gasteiger partial charge in [0.2, 0.25) is 5.91 Å². The predicted octanol–water partition coefficient (Wildman–Crippen LogP) is 2.78. The van der Waals surface area contributed by atoms with Gasteiger partial charge in [-0.15, -0.1) is 11.6 Å². The van der Waals surface area contributed by atoms with Crippen molar-refractivity contribution in [3.8, 4) is 0 Å². The third-order valence-corrected chi connectivity index (χ3v) is 3.43. The van der Waals surface area contributed by atoms with Crippen molar-refractivity contribution in [3.05, 3.63) is 34.1 Å². The van der Waals surface area contributed by atoms with Gasteiger partial charge in [0.25, 0.3) is 6.43 Å². The molecular formula is C12H12BrClF3NO2. The summed E-state index contributed by atoms with van der Waals surface area (Å²) in [7, 11) is 0. The molecular weight excluding hydrogens is 362 g/mol. The zero-order valence-electron chi connectivity index (χ0n) is 10.3. The van der Waals surface area contributed by atoms with Gasteiger partial charge in [-0.05, 0) is 25.1 Å². The Labute approximate surface area is 127 Å². The van der Waals surface area contributed by atoms with Crippen LogP contribution in [-0.4, -0.2) is 29.4 Å². The number of halogens is 5. The molecule has 0 spiro atoms. The second kappa shape index (κ2) is 6.78. The van der Waals surface area contributed by atoms with Gasteiger partial charge in [-0.1, -0.05) is 15.9 Å². The fourth-order valence-corrected chi connectivity index (χ4v) is 2.01. The lowest BCUT2D eigenvalue weighted by molar-refractivity contribution is -0.127. The molecule has 0 fully saturated rings. The van der Waals surface area contributed by atoms with Gasteiger partial charge in [0.15, 0.2) is 5.54 Å². The normalized spacial score (nSPS) is 15.8. The van der Waals surface area contributed by atoms with E-state index in [1.807, 2.05) is 5.32 Å². The van der Waals surface area contributed by atoms with E-state index in [0.717, 1.165) is 12.1 Å². The van der Waals surface area contributed by atoms with E-state index in [4.69, 9.17) is 11.6 Å². The number of carbonyl (C=O) groups excluding carboxylic acids is 1. The zero-order valence-corrected chi connectivity index (χ0v) is 12.7. The van der Waals surface area contributed by atoms with Crippen LogP contribution < -0.4 is 5.32 Å². The van der Waals surface area contributed by atoms with E-state index in [2.05, 4.69) is 15.9 Å². The molecule has 8 heteroatoms. The van der Waals surface area contributed by atoms with Crippen LogP contribution >= 0.6 is 27.5 Å². The SMILES string of the molecule is CC(Cl)C(=O)NC(CO)(c1cc(Br)ccc1F)C(F)F. The lowest BCUT2D eigenvalue weighted by Gasteiger charge is -2.33. The fraction of sp³-hybridized carbons (Fsp3) is 0.417. The first-order valence-electron chi connectivity index (χ1n) is 5.55. The summed E-state index contributed by atoms with van der Waals surface area (Å²) in [5, 5.41) is 10.2. The van der Waals surface area contributed by atoms with Gasteiger partial charge in [0, 0.05) is 10.0 Å². The maximum atomic E-state index is 13.8. The lowest BCUT2D eigenvalue weighted by Crippen LogP contribution is -2.55. The number of carbonyl (C=O) groups is 1. The topological polar surface area (TPSA) is 49.3 Å². The summed E-state index contributed by atoms with van der Waals surface area (Å²) >= 11 is 8.54. The first-order valence-corrected chi connectivity index (χ1v) is 6.78. The Morgan fingerprint density at radius 3 is 2.60 bits per heavy atom. The van der Waals surface area contributed by atoms with Crippen LogP contribution in [-0.2, 0) is 10.3 Å². The molecule has 1 aromatic carbocycles. The fourth-order valence-electron chi connectivity index (χ4n) is 1.59. The third kappa shape index (κ3) is 3.45. The van der Waals surface area contributed by atoms with E-state index in [1.54, 1.807) is 0 Å². The minimum absolute atomic E-state index is 0.334. The van der Waals surface area contributed by atoms with E-state index in [0.29, 0.717) is 4.47 Å². The van der Waals surface area contributed by atoms with E-state index in [-0.39, 0.29) is 0 Å². The van der Waals surface area contributed by atoms with Gasteiger partial charge in [-0.2, -0.15) is 0 Å². The average Bonchev–Trinajstić information content (AvgIpc) is 2.38. The van der Waals surface area contributed by atoms with Crippen molar-refractivity contribution in [2.24, 2.45) is 0 Å². The van der Waals surface area contributed by atoms with Crippen LogP contribution in [0.15, 0.2) is 22.7 Å². The van der Waals surface area contributed by atoms with Gasteiger partial charge in [0.1, 0.15) is 11.2 Å². The zero-order chi connectivity index (χ0) is 15.5. The summed E-state index contributed by atoms with van der Waals surface area (Å²) in [6, 6.07) is 3.36. The molecule has 0 aliphatic carbocycles. The quantitative estimate of drug-likeness (QED) is 0.779. The molecule has 2 N–H and O–H groups in total. The molecule has 112 valence electrons. The molecule has 2 unspecified atom stereocenters. The van der Waals surface area contributed by atoms with Crippen molar-refractivity contribution >= 4 is 33.4 Å². The van der Waals surface area contributed by atoms with Crippen molar-refractivity contribution in [1.29, 1.82) is 0 Å². The number of rotatable bonds is 5. The highest BCUT2D eigenvalue weighted by Crippen LogP contribution is 2.32. The monoisotopic (exact) mass is 373 g/mol. The molecule has 0 radical (unpaired) electrons. The lowest BCUT2D eigenvalue weighted by atomic mass is 9.90. The van der Waals surface area contributed by atoms with Crippen molar-refractivity contribution in [2.45, 2.75) is 24.3 Å². The highest BCUT2D eigenvalue weighted by Gasteiger charge is 2.45. The summed E-state index contributed by atoms with van der Waals surface area (Å²) in [6.07, 6.45) is -3.23. The molecule has 0 saturated heterocycles. The number of hydrogen-bond donors (Lipinski definition) is 2. The van der Waals surface area contributed by atoms with Gasteiger partial charge in [-0.3, -0.25) is 4.79 Å². The Kier molecular flexibility index (Phi) is 5.85. The van der Waals surface area contributed by atoms with Crippen LogP contribution in [0.1, 0.15) is 12.5 Å². The molecule has 2 atom stereocenters. The van der Waals surface area contributed by atoms with Crippen LogP contribution in [0.25, 0.3) is 0 Å².